The summed E-state index contributed by atoms with van der Waals surface area (Å²) < 4.78 is 32.0. The average molecular weight is 331 g/mol. The molecule has 3 aromatic rings. The molecular weight excluding hydrogens is 318 g/mol. The first kappa shape index (κ1) is 15.1. The van der Waals surface area contributed by atoms with Crippen LogP contribution in [0.3, 0.4) is 0 Å². The van der Waals surface area contributed by atoms with Gasteiger partial charge in [0, 0.05) is 5.39 Å². The van der Waals surface area contributed by atoms with Crippen LogP contribution in [0.4, 0.5) is 5.69 Å². The van der Waals surface area contributed by atoms with Gasteiger partial charge in [-0.3, -0.25) is 4.55 Å². The van der Waals surface area contributed by atoms with Crippen LogP contribution in [0.1, 0.15) is 0 Å². The summed E-state index contributed by atoms with van der Waals surface area (Å²) in [5.74, 6) is -0.263. The highest BCUT2D eigenvalue weighted by atomic mass is 32.2. The largest absolute Gasteiger partial charge is 0.508 e. The van der Waals surface area contributed by atoms with Gasteiger partial charge < -0.3 is 15.9 Å². The van der Waals surface area contributed by atoms with Crippen molar-refractivity contribution in [3.8, 4) is 22.6 Å². The molecule has 0 aliphatic heterocycles. The molecular formula is C16H13NO5S. The van der Waals surface area contributed by atoms with Crippen LogP contribution in [0.2, 0.25) is 0 Å². The number of hydrogen-bond acceptors (Lipinski definition) is 5. The molecule has 7 heteroatoms. The van der Waals surface area contributed by atoms with E-state index in [2.05, 4.69) is 0 Å². The first-order chi connectivity index (χ1) is 10.8. The highest BCUT2D eigenvalue weighted by Gasteiger charge is 2.19. The molecule has 23 heavy (non-hydrogen) atoms. The Kier molecular flexibility index (Phi) is 3.39. The molecule has 0 unspecified atom stereocenters. The van der Waals surface area contributed by atoms with Gasteiger partial charge in [0.2, 0.25) is 0 Å². The van der Waals surface area contributed by atoms with Gasteiger partial charge in [-0.1, -0.05) is 18.2 Å². The Morgan fingerprint density at radius 3 is 2.09 bits per heavy atom. The fourth-order valence-electron chi connectivity index (χ4n) is 2.43. The number of aromatic hydroxyl groups is 2. The summed E-state index contributed by atoms with van der Waals surface area (Å²) in [5.41, 5.74) is 6.75. The lowest BCUT2D eigenvalue weighted by Gasteiger charge is -2.10. The van der Waals surface area contributed by atoms with E-state index in [-0.39, 0.29) is 5.75 Å². The van der Waals surface area contributed by atoms with Crippen LogP contribution in [0.5, 0.6) is 11.5 Å². The molecule has 0 aromatic heterocycles. The van der Waals surface area contributed by atoms with Crippen molar-refractivity contribution < 1.29 is 23.2 Å². The fourth-order valence-corrected chi connectivity index (χ4v) is 3.08. The van der Waals surface area contributed by atoms with Crippen LogP contribution >= 0.6 is 0 Å². The maximum atomic E-state index is 11.4. The van der Waals surface area contributed by atoms with Gasteiger partial charge in [0.05, 0.1) is 5.69 Å². The van der Waals surface area contributed by atoms with Gasteiger partial charge >= 0.3 is 0 Å². The Morgan fingerprint density at radius 2 is 1.48 bits per heavy atom. The number of rotatable bonds is 2. The molecule has 6 nitrogen and oxygen atoms in total. The average Bonchev–Trinajstić information content (AvgIpc) is 2.50. The Labute approximate surface area is 132 Å². The lowest BCUT2D eigenvalue weighted by molar-refractivity contribution is 0.473. The predicted molar refractivity (Wildman–Crippen MR) is 86.9 cm³/mol. The molecule has 3 aromatic carbocycles. The second-order valence-corrected chi connectivity index (χ2v) is 6.48. The van der Waals surface area contributed by atoms with E-state index in [0.717, 1.165) is 11.1 Å². The van der Waals surface area contributed by atoms with Crippen molar-refractivity contribution in [3.63, 3.8) is 0 Å². The smallest absolute Gasteiger partial charge is 0.296 e. The molecule has 5 N–H and O–H groups in total. The van der Waals surface area contributed by atoms with Crippen molar-refractivity contribution in [1.29, 1.82) is 0 Å². The van der Waals surface area contributed by atoms with Crippen molar-refractivity contribution in [1.82, 2.24) is 0 Å². The van der Waals surface area contributed by atoms with Crippen LogP contribution in [0.15, 0.2) is 53.4 Å². The summed E-state index contributed by atoms with van der Waals surface area (Å²) in [6.45, 7) is 0. The molecule has 0 amide bonds. The van der Waals surface area contributed by atoms with Crippen LogP contribution in [0, 0.1) is 0 Å². The molecule has 0 saturated heterocycles. The molecule has 0 radical (unpaired) electrons. The van der Waals surface area contributed by atoms with Crippen LogP contribution in [0.25, 0.3) is 21.9 Å². The molecule has 0 aliphatic rings. The van der Waals surface area contributed by atoms with Gasteiger partial charge in [-0.15, -0.1) is 0 Å². The van der Waals surface area contributed by atoms with E-state index >= 15 is 0 Å². The van der Waals surface area contributed by atoms with Crippen molar-refractivity contribution in [2.45, 2.75) is 4.90 Å². The third kappa shape index (κ3) is 2.67. The maximum Gasteiger partial charge on any atom is 0.296 e. The number of anilines is 1. The normalized spacial score (nSPS) is 11.7. The molecule has 0 aliphatic carbocycles. The first-order valence-electron chi connectivity index (χ1n) is 6.59. The lowest BCUT2D eigenvalue weighted by atomic mass is 10.0. The van der Waals surface area contributed by atoms with Gasteiger partial charge in [0.1, 0.15) is 16.4 Å². The minimum Gasteiger partial charge on any atom is -0.508 e. The topological polar surface area (TPSA) is 121 Å². The van der Waals surface area contributed by atoms with Crippen LogP contribution < -0.4 is 5.73 Å². The van der Waals surface area contributed by atoms with Crippen molar-refractivity contribution in [2.75, 3.05) is 5.73 Å². The summed E-state index contributed by atoms with van der Waals surface area (Å²) in [4.78, 5) is -0.537. The Morgan fingerprint density at radius 1 is 0.870 bits per heavy atom. The predicted octanol–water partition coefficient (Wildman–Crippen LogP) is 2.75. The van der Waals surface area contributed by atoms with Gasteiger partial charge in [-0.25, -0.2) is 0 Å². The van der Waals surface area contributed by atoms with Crippen LogP contribution in [-0.4, -0.2) is 23.2 Å². The van der Waals surface area contributed by atoms with E-state index < -0.39 is 26.5 Å². The fraction of sp³-hybridized carbons (Fsp3) is 0. The lowest BCUT2D eigenvalue weighted by Crippen LogP contribution is -2.03. The number of hydrogen-bond donors (Lipinski definition) is 4. The highest BCUT2D eigenvalue weighted by Crippen LogP contribution is 2.38. The second kappa shape index (κ2) is 5.15. The van der Waals surface area contributed by atoms with Crippen molar-refractivity contribution in [2.24, 2.45) is 0 Å². The zero-order valence-corrected chi connectivity index (χ0v) is 12.6. The molecule has 0 spiro atoms. The Bertz CT molecular complexity index is 1010. The monoisotopic (exact) mass is 331 g/mol. The van der Waals surface area contributed by atoms with E-state index in [1.165, 1.54) is 18.2 Å². The van der Waals surface area contributed by atoms with Crippen LogP contribution in [-0.2, 0) is 10.1 Å². The molecule has 0 bridgehead atoms. The zero-order valence-electron chi connectivity index (χ0n) is 11.8. The third-order valence-electron chi connectivity index (χ3n) is 3.59. The zero-order chi connectivity index (χ0) is 16.8. The van der Waals surface area contributed by atoms with E-state index in [4.69, 9.17) is 5.73 Å². The molecule has 0 fully saturated rings. The van der Waals surface area contributed by atoms with Gasteiger partial charge in [0.15, 0.2) is 0 Å². The summed E-state index contributed by atoms with van der Waals surface area (Å²) in [7, 11) is -4.55. The SMILES string of the molecule is Nc1c(S(=O)(=O)O)cc2cc(-c3ccc(O)cc3)ccc2c1O. The quantitative estimate of drug-likeness (QED) is 0.325. The number of nitrogens with two attached hydrogens (primary N) is 1. The standard InChI is InChI=1S/C16H13NO5S/c17-15-14(23(20,21)22)8-11-7-10(3-6-13(11)16(15)19)9-1-4-12(18)5-2-9/h1-8,18-19H,17H2,(H,20,21,22). The number of phenols is 2. The molecule has 118 valence electrons. The Hall–Kier alpha value is -2.77. The van der Waals surface area contributed by atoms with E-state index in [0.29, 0.717) is 10.8 Å². The van der Waals surface area contributed by atoms with Crippen molar-refractivity contribution in [3.05, 3.63) is 48.5 Å². The number of fused-ring (bicyclic) bond motifs is 1. The highest BCUT2D eigenvalue weighted by molar-refractivity contribution is 7.86. The number of benzene rings is 3. The van der Waals surface area contributed by atoms with E-state index in [1.54, 1.807) is 30.3 Å². The Balaban J connectivity index is 2.27. The first-order valence-corrected chi connectivity index (χ1v) is 8.03. The summed E-state index contributed by atoms with van der Waals surface area (Å²) in [6, 6.07) is 12.7. The third-order valence-corrected chi connectivity index (χ3v) is 4.49. The molecule has 0 saturated carbocycles. The second-order valence-electron chi connectivity index (χ2n) is 5.09. The molecule has 0 heterocycles. The minimum atomic E-state index is -4.55. The van der Waals surface area contributed by atoms with Gasteiger partial charge in [-0.05, 0) is 46.8 Å². The van der Waals surface area contributed by atoms with E-state index in [1.807, 2.05) is 0 Å². The number of phenolic OH excluding ortho intramolecular Hbond substituents is 2. The molecule has 0 atom stereocenters. The van der Waals surface area contributed by atoms with Gasteiger partial charge in [0.25, 0.3) is 10.1 Å². The van der Waals surface area contributed by atoms with Gasteiger partial charge in [-0.2, -0.15) is 8.42 Å². The molecule has 3 rings (SSSR count). The van der Waals surface area contributed by atoms with E-state index in [9.17, 15) is 23.2 Å². The van der Waals surface area contributed by atoms with Crippen molar-refractivity contribution >= 4 is 26.6 Å². The summed E-state index contributed by atoms with van der Waals surface area (Å²) >= 11 is 0. The maximum absolute atomic E-state index is 11.4. The minimum absolute atomic E-state index is 0.133. The number of nitrogen functional groups attached to an aromatic ring is 1. The summed E-state index contributed by atoms with van der Waals surface area (Å²) in [5, 5.41) is 20.2. The summed E-state index contributed by atoms with van der Waals surface area (Å²) in [6.07, 6.45) is 0.